The van der Waals surface area contributed by atoms with Crippen molar-refractivity contribution in [3.8, 4) is 0 Å². The normalized spacial score (nSPS) is 12.0. The third-order valence-electron chi connectivity index (χ3n) is 4.48. The number of hydrogen-bond acceptors (Lipinski definition) is 2. The maximum Gasteiger partial charge on any atom is 0.227 e. The van der Waals surface area contributed by atoms with Gasteiger partial charge in [0.05, 0.1) is 12.5 Å². The van der Waals surface area contributed by atoms with Gasteiger partial charge in [0.25, 0.3) is 0 Å². The third-order valence-corrected chi connectivity index (χ3v) is 4.48. The van der Waals surface area contributed by atoms with Crippen molar-refractivity contribution in [2.24, 2.45) is 0 Å². The van der Waals surface area contributed by atoms with Crippen molar-refractivity contribution >= 4 is 22.5 Å². The maximum atomic E-state index is 12.7. The number of amides is 1. The molecule has 1 amide bonds. The fraction of sp³-hybridized carbons (Fsp3) is 0.0909. The lowest BCUT2D eigenvalue weighted by atomic mass is 9.96. The molecule has 0 radical (unpaired) electrons. The Balaban J connectivity index is 1.68. The number of hydrogen-bond donors (Lipinski definition) is 1. The zero-order valence-corrected chi connectivity index (χ0v) is 14.2. The molecule has 0 aliphatic carbocycles. The maximum absolute atomic E-state index is 12.7. The number of nitrogens with zero attached hydrogens (tertiary/aromatic N) is 2. The van der Waals surface area contributed by atoms with Gasteiger partial charge in [-0.2, -0.15) is 0 Å². The Bertz CT molecular complexity index is 1000. The highest BCUT2D eigenvalue weighted by Gasteiger charge is 2.19. The van der Waals surface area contributed by atoms with Crippen LogP contribution in [0.4, 0.5) is 5.82 Å². The fourth-order valence-electron chi connectivity index (χ4n) is 3.28. The van der Waals surface area contributed by atoms with E-state index in [1.165, 1.54) is 10.8 Å². The fourth-order valence-corrected chi connectivity index (χ4v) is 3.28. The molecule has 2 aromatic heterocycles. The topological polar surface area (TPSA) is 46.9 Å². The van der Waals surface area contributed by atoms with Crippen LogP contribution in [-0.4, -0.2) is 15.5 Å². The van der Waals surface area contributed by atoms with Crippen molar-refractivity contribution in [2.45, 2.75) is 12.5 Å². The summed E-state index contributed by atoms with van der Waals surface area (Å²) < 4.78 is 2.08. The van der Waals surface area contributed by atoms with E-state index in [1.807, 2.05) is 54.9 Å². The Morgan fingerprint density at radius 1 is 0.923 bits per heavy atom. The van der Waals surface area contributed by atoms with Crippen LogP contribution in [0.2, 0.25) is 0 Å². The summed E-state index contributed by atoms with van der Waals surface area (Å²) in [4.78, 5) is 16.8. The van der Waals surface area contributed by atoms with E-state index in [0.29, 0.717) is 12.2 Å². The molecule has 4 heteroatoms. The van der Waals surface area contributed by atoms with Gasteiger partial charge in [-0.3, -0.25) is 4.79 Å². The lowest BCUT2D eigenvalue weighted by Crippen LogP contribution is -2.20. The van der Waals surface area contributed by atoms with Crippen molar-refractivity contribution in [3.05, 3.63) is 97.0 Å². The molecule has 2 aromatic carbocycles. The summed E-state index contributed by atoms with van der Waals surface area (Å²) in [6.07, 6.45) is 6.00. The molecule has 0 saturated heterocycles. The van der Waals surface area contributed by atoms with E-state index in [0.717, 1.165) is 5.56 Å². The molecule has 0 fully saturated rings. The first kappa shape index (κ1) is 16.1. The Hall–Kier alpha value is -3.40. The quantitative estimate of drug-likeness (QED) is 0.574. The number of rotatable bonds is 5. The summed E-state index contributed by atoms with van der Waals surface area (Å²) in [5.41, 5.74) is 1.13. The minimum absolute atomic E-state index is 0.0599. The van der Waals surface area contributed by atoms with Crippen LogP contribution in [-0.2, 0) is 4.79 Å². The van der Waals surface area contributed by atoms with Crippen molar-refractivity contribution in [3.63, 3.8) is 0 Å². The summed E-state index contributed by atoms with van der Waals surface area (Å²) in [6, 6.07) is 23.9. The first-order valence-corrected chi connectivity index (χ1v) is 8.62. The largest absolute Gasteiger partial charge is 0.346 e. The lowest BCUT2D eigenvalue weighted by Gasteiger charge is -2.21. The number of pyridine rings is 1. The molecule has 0 bridgehead atoms. The van der Waals surface area contributed by atoms with Gasteiger partial charge in [-0.05, 0) is 40.6 Å². The summed E-state index contributed by atoms with van der Waals surface area (Å²) in [6.45, 7) is 0. The monoisotopic (exact) mass is 341 g/mol. The van der Waals surface area contributed by atoms with Gasteiger partial charge < -0.3 is 9.88 Å². The summed E-state index contributed by atoms with van der Waals surface area (Å²) in [7, 11) is 0. The van der Waals surface area contributed by atoms with Crippen LogP contribution in [0.15, 0.2) is 91.4 Å². The molecule has 0 unspecified atom stereocenters. The predicted molar refractivity (Wildman–Crippen MR) is 104 cm³/mol. The van der Waals surface area contributed by atoms with E-state index in [4.69, 9.17) is 0 Å². The molecule has 1 atom stereocenters. The first-order chi connectivity index (χ1) is 12.8. The SMILES string of the molecule is O=C(C[C@@H](c1cccc2ccccc12)n1cccc1)Nc1ccccn1. The van der Waals surface area contributed by atoms with Gasteiger partial charge in [0.15, 0.2) is 0 Å². The van der Waals surface area contributed by atoms with Crippen molar-refractivity contribution in [1.82, 2.24) is 9.55 Å². The van der Waals surface area contributed by atoms with E-state index >= 15 is 0 Å². The zero-order valence-electron chi connectivity index (χ0n) is 14.2. The van der Waals surface area contributed by atoms with E-state index in [1.54, 1.807) is 12.3 Å². The Kier molecular flexibility index (Phi) is 4.48. The summed E-state index contributed by atoms with van der Waals surface area (Å²) in [5.74, 6) is 0.511. The Labute approximate surface area is 152 Å². The van der Waals surface area contributed by atoms with Crippen LogP contribution in [0.1, 0.15) is 18.0 Å². The number of fused-ring (bicyclic) bond motifs is 1. The molecule has 1 N–H and O–H groups in total. The highest BCUT2D eigenvalue weighted by atomic mass is 16.1. The molecule has 0 saturated carbocycles. The minimum Gasteiger partial charge on any atom is -0.346 e. The van der Waals surface area contributed by atoms with Gasteiger partial charge in [0, 0.05) is 18.6 Å². The molecule has 26 heavy (non-hydrogen) atoms. The predicted octanol–water partition coefficient (Wildman–Crippen LogP) is 4.65. The van der Waals surface area contributed by atoms with Gasteiger partial charge in [0.2, 0.25) is 5.91 Å². The third kappa shape index (κ3) is 3.35. The molecular formula is C22H19N3O. The summed E-state index contributed by atoms with van der Waals surface area (Å²) >= 11 is 0. The first-order valence-electron chi connectivity index (χ1n) is 8.62. The van der Waals surface area contributed by atoms with Crippen LogP contribution in [0, 0.1) is 0 Å². The summed E-state index contributed by atoms with van der Waals surface area (Å²) in [5, 5.41) is 5.23. The van der Waals surface area contributed by atoms with Crippen LogP contribution in [0.3, 0.4) is 0 Å². The molecule has 2 heterocycles. The zero-order chi connectivity index (χ0) is 17.8. The van der Waals surface area contributed by atoms with E-state index < -0.39 is 0 Å². The average Bonchev–Trinajstić information content (AvgIpc) is 3.21. The van der Waals surface area contributed by atoms with Gasteiger partial charge in [-0.15, -0.1) is 0 Å². The number of nitrogens with one attached hydrogen (secondary N) is 1. The minimum atomic E-state index is -0.0835. The highest BCUT2D eigenvalue weighted by Crippen LogP contribution is 2.29. The van der Waals surface area contributed by atoms with Crippen LogP contribution >= 0.6 is 0 Å². The second-order valence-corrected chi connectivity index (χ2v) is 6.18. The van der Waals surface area contributed by atoms with Crippen LogP contribution in [0.25, 0.3) is 10.8 Å². The van der Waals surface area contributed by atoms with Crippen molar-refractivity contribution in [2.75, 3.05) is 5.32 Å². The van der Waals surface area contributed by atoms with Crippen LogP contribution < -0.4 is 5.32 Å². The van der Waals surface area contributed by atoms with Gasteiger partial charge in [0.1, 0.15) is 5.82 Å². The van der Waals surface area contributed by atoms with Crippen molar-refractivity contribution in [1.29, 1.82) is 0 Å². The second-order valence-electron chi connectivity index (χ2n) is 6.18. The second kappa shape index (κ2) is 7.23. The number of carbonyl (C=O) groups is 1. The standard InChI is InChI=1S/C22H19N3O/c26-22(24-21-12-3-4-13-23-21)16-20(25-14-5-6-15-25)19-11-7-9-17-8-1-2-10-18(17)19/h1-15,20H,16H2,(H,23,24,26)/t20-/m0/s1. The molecule has 0 spiro atoms. The number of anilines is 1. The molecule has 0 aliphatic heterocycles. The highest BCUT2D eigenvalue weighted by molar-refractivity contribution is 5.91. The number of carbonyl (C=O) groups excluding carboxylic acids is 1. The van der Waals surface area contributed by atoms with E-state index in [9.17, 15) is 4.79 Å². The molecule has 4 nitrogen and oxygen atoms in total. The molecule has 128 valence electrons. The molecular weight excluding hydrogens is 322 g/mol. The number of aromatic nitrogens is 2. The average molecular weight is 341 g/mol. The Morgan fingerprint density at radius 3 is 2.50 bits per heavy atom. The lowest BCUT2D eigenvalue weighted by molar-refractivity contribution is -0.116. The Morgan fingerprint density at radius 2 is 1.69 bits per heavy atom. The van der Waals surface area contributed by atoms with Gasteiger partial charge in [-0.25, -0.2) is 4.98 Å². The molecule has 0 aliphatic rings. The smallest absolute Gasteiger partial charge is 0.227 e. The molecule has 4 rings (SSSR count). The van der Waals surface area contributed by atoms with Crippen LogP contribution in [0.5, 0.6) is 0 Å². The number of benzene rings is 2. The van der Waals surface area contributed by atoms with E-state index in [-0.39, 0.29) is 11.9 Å². The van der Waals surface area contributed by atoms with Gasteiger partial charge >= 0.3 is 0 Å². The van der Waals surface area contributed by atoms with Crippen molar-refractivity contribution < 1.29 is 4.79 Å². The van der Waals surface area contributed by atoms with E-state index in [2.05, 4.69) is 39.1 Å². The van der Waals surface area contributed by atoms with Gasteiger partial charge in [-0.1, -0.05) is 48.5 Å². The molecule has 4 aromatic rings.